The Bertz CT molecular complexity index is 465. The molecule has 4 nitrogen and oxygen atoms in total. The van der Waals surface area contributed by atoms with Crippen LogP contribution in [0.1, 0.15) is 25.3 Å². The second-order valence-corrected chi connectivity index (χ2v) is 4.08. The first-order chi connectivity index (χ1) is 9.04. The first-order valence-electron chi connectivity index (χ1n) is 6.13. The summed E-state index contributed by atoms with van der Waals surface area (Å²) in [7, 11) is 3.16. The van der Waals surface area contributed by atoms with E-state index in [0.29, 0.717) is 23.7 Å². The highest BCUT2D eigenvalue weighted by molar-refractivity contribution is 5.89. The molecule has 0 heterocycles. The van der Waals surface area contributed by atoms with Gasteiger partial charge >= 0.3 is 5.97 Å². The lowest BCUT2D eigenvalue weighted by molar-refractivity contribution is -0.138. The third kappa shape index (κ3) is 3.50. The van der Waals surface area contributed by atoms with Crippen molar-refractivity contribution in [1.82, 2.24) is 0 Å². The van der Waals surface area contributed by atoms with E-state index < -0.39 is 0 Å². The van der Waals surface area contributed by atoms with E-state index in [1.54, 1.807) is 21.1 Å². The minimum atomic E-state index is -0.371. The summed E-state index contributed by atoms with van der Waals surface area (Å²) >= 11 is 0. The predicted molar refractivity (Wildman–Crippen MR) is 73.7 cm³/mol. The topological polar surface area (TPSA) is 44.8 Å². The fourth-order valence-electron chi connectivity index (χ4n) is 1.72. The van der Waals surface area contributed by atoms with Gasteiger partial charge in [0.1, 0.15) is 0 Å². The lowest BCUT2D eigenvalue weighted by Crippen LogP contribution is -2.12. The Morgan fingerprint density at radius 1 is 1.26 bits per heavy atom. The SMILES string of the molecule is C=C(C(=O)OCC)C(C)c1ccc(OC)c(OC)c1. The van der Waals surface area contributed by atoms with Gasteiger partial charge in [-0.05, 0) is 24.6 Å². The van der Waals surface area contributed by atoms with Gasteiger partial charge in [0.15, 0.2) is 11.5 Å². The van der Waals surface area contributed by atoms with E-state index in [4.69, 9.17) is 14.2 Å². The highest BCUT2D eigenvalue weighted by Crippen LogP contribution is 2.32. The quantitative estimate of drug-likeness (QED) is 0.585. The van der Waals surface area contributed by atoms with Crippen LogP contribution in [0.4, 0.5) is 0 Å². The molecule has 104 valence electrons. The van der Waals surface area contributed by atoms with Crippen LogP contribution in [0.2, 0.25) is 0 Å². The lowest BCUT2D eigenvalue weighted by atomic mass is 9.93. The molecule has 4 heteroatoms. The van der Waals surface area contributed by atoms with Gasteiger partial charge in [-0.25, -0.2) is 4.79 Å². The van der Waals surface area contributed by atoms with Crippen molar-refractivity contribution in [3.05, 3.63) is 35.9 Å². The number of hydrogen-bond donors (Lipinski definition) is 0. The Balaban J connectivity index is 2.96. The summed E-state index contributed by atoms with van der Waals surface area (Å²) in [4.78, 5) is 11.7. The molecule has 0 aliphatic rings. The molecule has 0 saturated carbocycles. The van der Waals surface area contributed by atoms with Gasteiger partial charge in [-0.1, -0.05) is 19.6 Å². The third-order valence-electron chi connectivity index (χ3n) is 2.97. The molecule has 0 fully saturated rings. The van der Waals surface area contributed by atoms with Crippen LogP contribution >= 0.6 is 0 Å². The van der Waals surface area contributed by atoms with Gasteiger partial charge < -0.3 is 14.2 Å². The highest BCUT2D eigenvalue weighted by Gasteiger charge is 2.19. The summed E-state index contributed by atoms with van der Waals surface area (Å²) in [6.45, 7) is 7.82. The molecule has 0 aliphatic carbocycles. The van der Waals surface area contributed by atoms with Crippen LogP contribution in [0.15, 0.2) is 30.4 Å². The number of methoxy groups -OCH3 is 2. The van der Waals surface area contributed by atoms with E-state index in [1.165, 1.54) is 0 Å². The number of hydrogen-bond acceptors (Lipinski definition) is 4. The molecule has 0 bridgehead atoms. The van der Waals surface area contributed by atoms with Gasteiger partial charge in [-0.15, -0.1) is 0 Å². The van der Waals surface area contributed by atoms with Gasteiger partial charge in [-0.3, -0.25) is 0 Å². The monoisotopic (exact) mass is 264 g/mol. The maximum absolute atomic E-state index is 11.7. The summed E-state index contributed by atoms with van der Waals surface area (Å²) < 4.78 is 15.4. The minimum absolute atomic E-state index is 0.140. The van der Waals surface area contributed by atoms with Gasteiger partial charge in [0, 0.05) is 11.5 Å². The molecule has 0 aromatic heterocycles. The Labute approximate surface area is 114 Å². The molecule has 0 N–H and O–H groups in total. The van der Waals surface area contributed by atoms with Crippen LogP contribution < -0.4 is 9.47 Å². The molecule has 0 saturated heterocycles. The average Bonchev–Trinajstić information content (AvgIpc) is 2.45. The van der Waals surface area contributed by atoms with Crippen molar-refractivity contribution in [3.8, 4) is 11.5 Å². The van der Waals surface area contributed by atoms with Crippen LogP contribution in [0.3, 0.4) is 0 Å². The van der Waals surface area contributed by atoms with Gasteiger partial charge in [0.25, 0.3) is 0 Å². The first-order valence-corrected chi connectivity index (χ1v) is 6.13. The number of carbonyl (C=O) groups excluding carboxylic acids is 1. The molecular weight excluding hydrogens is 244 g/mol. The predicted octanol–water partition coefficient (Wildman–Crippen LogP) is 2.93. The van der Waals surface area contributed by atoms with Crippen LogP contribution in [0.25, 0.3) is 0 Å². The number of ether oxygens (including phenoxy) is 3. The van der Waals surface area contributed by atoms with E-state index in [9.17, 15) is 4.79 Å². The standard InChI is InChI=1S/C15H20O4/c1-6-19-15(16)11(3)10(2)12-7-8-13(17-4)14(9-12)18-5/h7-10H,3,6H2,1-2,4-5H3. The first kappa shape index (κ1) is 15.1. The van der Waals surface area contributed by atoms with Crippen molar-refractivity contribution in [3.63, 3.8) is 0 Å². The molecule has 1 aromatic carbocycles. The Morgan fingerprint density at radius 3 is 2.42 bits per heavy atom. The summed E-state index contributed by atoms with van der Waals surface area (Å²) in [5, 5.41) is 0. The maximum atomic E-state index is 11.7. The van der Waals surface area contributed by atoms with Gasteiger partial charge in [-0.2, -0.15) is 0 Å². The molecule has 1 atom stereocenters. The lowest BCUT2D eigenvalue weighted by Gasteiger charge is -2.16. The van der Waals surface area contributed by atoms with Gasteiger partial charge in [0.2, 0.25) is 0 Å². The van der Waals surface area contributed by atoms with E-state index >= 15 is 0 Å². The van der Waals surface area contributed by atoms with E-state index in [2.05, 4.69) is 6.58 Å². The molecule has 0 aliphatic heterocycles. The van der Waals surface area contributed by atoms with Crippen molar-refractivity contribution in [1.29, 1.82) is 0 Å². The third-order valence-corrected chi connectivity index (χ3v) is 2.97. The fourth-order valence-corrected chi connectivity index (χ4v) is 1.72. The van der Waals surface area contributed by atoms with Crippen LogP contribution in [0.5, 0.6) is 11.5 Å². The number of benzene rings is 1. The number of rotatable bonds is 6. The van der Waals surface area contributed by atoms with Crippen LogP contribution in [-0.4, -0.2) is 26.8 Å². The van der Waals surface area contributed by atoms with E-state index in [-0.39, 0.29) is 11.9 Å². The molecule has 0 spiro atoms. The van der Waals surface area contributed by atoms with Crippen LogP contribution in [0, 0.1) is 0 Å². The smallest absolute Gasteiger partial charge is 0.334 e. The molecule has 1 rings (SSSR count). The molecule has 0 radical (unpaired) electrons. The molecule has 19 heavy (non-hydrogen) atoms. The Kier molecular flexibility index (Phi) is 5.42. The van der Waals surface area contributed by atoms with Crippen LogP contribution in [-0.2, 0) is 9.53 Å². The van der Waals surface area contributed by atoms with Crippen molar-refractivity contribution >= 4 is 5.97 Å². The zero-order valence-corrected chi connectivity index (χ0v) is 11.9. The molecule has 1 unspecified atom stereocenters. The van der Waals surface area contributed by atoms with E-state index in [0.717, 1.165) is 5.56 Å². The average molecular weight is 264 g/mol. The highest BCUT2D eigenvalue weighted by atomic mass is 16.5. The Hall–Kier alpha value is -1.97. The summed E-state index contributed by atoms with van der Waals surface area (Å²) in [6, 6.07) is 5.54. The largest absolute Gasteiger partial charge is 0.493 e. The van der Waals surface area contributed by atoms with Crippen molar-refractivity contribution < 1.29 is 19.0 Å². The van der Waals surface area contributed by atoms with Crippen molar-refractivity contribution in [2.45, 2.75) is 19.8 Å². The minimum Gasteiger partial charge on any atom is -0.493 e. The zero-order valence-electron chi connectivity index (χ0n) is 11.9. The molecule has 1 aromatic rings. The van der Waals surface area contributed by atoms with Crippen molar-refractivity contribution in [2.75, 3.05) is 20.8 Å². The summed E-state index contributed by atoms with van der Waals surface area (Å²) in [5.74, 6) is 0.771. The zero-order chi connectivity index (χ0) is 14.4. The van der Waals surface area contributed by atoms with E-state index in [1.807, 2.05) is 25.1 Å². The maximum Gasteiger partial charge on any atom is 0.334 e. The second-order valence-electron chi connectivity index (χ2n) is 4.08. The normalized spacial score (nSPS) is 11.6. The van der Waals surface area contributed by atoms with Gasteiger partial charge in [0.05, 0.1) is 20.8 Å². The summed E-state index contributed by atoms with van der Waals surface area (Å²) in [5.41, 5.74) is 1.35. The Morgan fingerprint density at radius 2 is 1.89 bits per heavy atom. The second kappa shape index (κ2) is 6.83. The fraction of sp³-hybridized carbons (Fsp3) is 0.400. The summed E-state index contributed by atoms with van der Waals surface area (Å²) in [6.07, 6.45) is 0. The molecular formula is C15H20O4. The molecule has 0 amide bonds. The van der Waals surface area contributed by atoms with Crippen molar-refractivity contribution in [2.24, 2.45) is 0 Å². The number of esters is 1. The number of carbonyl (C=O) groups is 1.